The molecule has 1 aliphatic rings. The first kappa shape index (κ1) is 14.2. The van der Waals surface area contributed by atoms with E-state index in [1.165, 1.54) is 6.42 Å². The molecule has 1 aromatic carbocycles. The molecule has 1 N–H and O–H groups in total. The second-order valence-corrected chi connectivity index (χ2v) is 4.87. The van der Waals surface area contributed by atoms with Gasteiger partial charge in [0.25, 0.3) is 0 Å². The average Bonchev–Trinajstić information content (AvgIpc) is 2.38. The van der Waals surface area contributed by atoms with Crippen LogP contribution in [0.15, 0.2) is 24.3 Å². The molecule has 1 aliphatic heterocycles. The maximum atomic E-state index is 5.78. The SMILES string of the molecule is CCCN(CCOc1ccc(OC)cc1)C1CNC1. The third-order valence-corrected chi connectivity index (χ3v) is 3.49. The molecule has 1 aromatic rings. The van der Waals surface area contributed by atoms with E-state index >= 15 is 0 Å². The molecule has 4 heteroatoms. The summed E-state index contributed by atoms with van der Waals surface area (Å²) in [4.78, 5) is 2.51. The van der Waals surface area contributed by atoms with E-state index in [0.29, 0.717) is 6.04 Å². The minimum atomic E-state index is 0.694. The summed E-state index contributed by atoms with van der Waals surface area (Å²) >= 11 is 0. The first-order valence-corrected chi connectivity index (χ1v) is 7.05. The van der Waals surface area contributed by atoms with E-state index < -0.39 is 0 Å². The van der Waals surface area contributed by atoms with Crippen molar-refractivity contribution in [3.8, 4) is 11.5 Å². The van der Waals surface area contributed by atoms with Gasteiger partial charge in [-0.05, 0) is 37.2 Å². The Morgan fingerprint density at radius 3 is 2.37 bits per heavy atom. The van der Waals surface area contributed by atoms with Gasteiger partial charge in [0.2, 0.25) is 0 Å². The first-order chi connectivity index (χ1) is 9.33. The largest absolute Gasteiger partial charge is 0.497 e. The van der Waals surface area contributed by atoms with Crippen LogP contribution < -0.4 is 14.8 Å². The molecule has 0 spiro atoms. The summed E-state index contributed by atoms with van der Waals surface area (Å²) < 4.78 is 10.9. The Hall–Kier alpha value is -1.26. The quantitative estimate of drug-likeness (QED) is 0.776. The van der Waals surface area contributed by atoms with Crippen LogP contribution >= 0.6 is 0 Å². The molecule has 0 saturated carbocycles. The molecule has 1 saturated heterocycles. The normalized spacial score (nSPS) is 15.3. The standard InChI is InChI=1S/C15H24N2O2/c1-3-8-17(13-11-16-12-13)9-10-19-15-6-4-14(18-2)5-7-15/h4-7,13,16H,3,8-12H2,1-2H3. The Morgan fingerprint density at radius 1 is 1.16 bits per heavy atom. The van der Waals surface area contributed by atoms with Crippen molar-refractivity contribution in [3.05, 3.63) is 24.3 Å². The molecule has 1 fully saturated rings. The Bertz CT molecular complexity index is 363. The summed E-state index contributed by atoms with van der Waals surface area (Å²) in [7, 11) is 1.67. The molecule has 0 bridgehead atoms. The average molecular weight is 264 g/mol. The van der Waals surface area contributed by atoms with Crippen molar-refractivity contribution in [2.45, 2.75) is 19.4 Å². The molecule has 0 unspecified atom stereocenters. The Balaban J connectivity index is 1.74. The molecule has 0 atom stereocenters. The highest BCUT2D eigenvalue weighted by atomic mass is 16.5. The summed E-state index contributed by atoms with van der Waals surface area (Å²) in [5.74, 6) is 1.77. The van der Waals surface area contributed by atoms with Gasteiger partial charge in [-0.3, -0.25) is 4.90 Å². The van der Waals surface area contributed by atoms with Crippen molar-refractivity contribution in [3.63, 3.8) is 0 Å². The molecule has 4 nitrogen and oxygen atoms in total. The van der Waals surface area contributed by atoms with E-state index in [2.05, 4.69) is 17.1 Å². The summed E-state index contributed by atoms with van der Waals surface area (Å²) in [6.45, 7) is 7.34. The highest BCUT2D eigenvalue weighted by Gasteiger charge is 2.23. The number of rotatable bonds is 8. The fourth-order valence-corrected chi connectivity index (χ4v) is 2.25. The van der Waals surface area contributed by atoms with Crippen molar-refractivity contribution < 1.29 is 9.47 Å². The Morgan fingerprint density at radius 2 is 1.84 bits per heavy atom. The van der Waals surface area contributed by atoms with E-state index in [0.717, 1.165) is 44.3 Å². The third-order valence-electron chi connectivity index (χ3n) is 3.49. The fraction of sp³-hybridized carbons (Fsp3) is 0.600. The van der Waals surface area contributed by atoms with Crippen LogP contribution in [0.2, 0.25) is 0 Å². The number of benzene rings is 1. The summed E-state index contributed by atoms with van der Waals surface area (Å²) in [6, 6.07) is 8.45. The molecule has 0 aliphatic carbocycles. The molecular formula is C15H24N2O2. The van der Waals surface area contributed by atoms with Gasteiger partial charge in [0.05, 0.1) is 7.11 Å². The number of nitrogens with one attached hydrogen (secondary N) is 1. The van der Waals surface area contributed by atoms with Crippen LogP contribution in [-0.4, -0.2) is 50.8 Å². The van der Waals surface area contributed by atoms with Crippen LogP contribution in [0.3, 0.4) is 0 Å². The minimum Gasteiger partial charge on any atom is -0.497 e. The smallest absolute Gasteiger partial charge is 0.119 e. The van der Waals surface area contributed by atoms with Crippen LogP contribution in [0.5, 0.6) is 11.5 Å². The van der Waals surface area contributed by atoms with Crippen LogP contribution in [0.1, 0.15) is 13.3 Å². The fourth-order valence-electron chi connectivity index (χ4n) is 2.25. The topological polar surface area (TPSA) is 33.7 Å². The molecule has 106 valence electrons. The summed E-state index contributed by atoms with van der Waals surface area (Å²) in [5, 5.41) is 3.32. The lowest BCUT2D eigenvalue weighted by atomic mass is 10.1. The second kappa shape index (κ2) is 7.36. The maximum Gasteiger partial charge on any atom is 0.119 e. The zero-order valence-corrected chi connectivity index (χ0v) is 11.9. The monoisotopic (exact) mass is 264 g/mol. The molecule has 0 radical (unpaired) electrons. The van der Waals surface area contributed by atoms with Gasteiger partial charge in [0.15, 0.2) is 0 Å². The van der Waals surface area contributed by atoms with E-state index in [-0.39, 0.29) is 0 Å². The van der Waals surface area contributed by atoms with E-state index in [4.69, 9.17) is 9.47 Å². The Labute approximate surface area is 115 Å². The van der Waals surface area contributed by atoms with Crippen molar-refractivity contribution in [2.24, 2.45) is 0 Å². The lowest BCUT2D eigenvalue weighted by molar-refractivity contribution is 0.122. The predicted octanol–water partition coefficient (Wildman–Crippen LogP) is 1.76. The van der Waals surface area contributed by atoms with Crippen LogP contribution in [0, 0.1) is 0 Å². The Kier molecular flexibility index (Phi) is 5.48. The zero-order chi connectivity index (χ0) is 13.5. The van der Waals surface area contributed by atoms with Gasteiger partial charge in [0.1, 0.15) is 18.1 Å². The van der Waals surface area contributed by atoms with E-state index in [9.17, 15) is 0 Å². The maximum absolute atomic E-state index is 5.78. The van der Waals surface area contributed by atoms with Crippen molar-refractivity contribution in [1.82, 2.24) is 10.2 Å². The summed E-state index contributed by atoms with van der Waals surface area (Å²) in [5.41, 5.74) is 0. The van der Waals surface area contributed by atoms with Crippen molar-refractivity contribution >= 4 is 0 Å². The minimum absolute atomic E-state index is 0.694. The highest BCUT2D eigenvalue weighted by molar-refractivity contribution is 5.31. The van der Waals surface area contributed by atoms with Gasteiger partial charge >= 0.3 is 0 Å². The van der Waals surface area contributed by atoms with Gasteiger partial charge < -0.3 is 14.8 Å². The number of ether oxygens (including phenoxy) is 2. The van der Waals surface area contributed by atoms with Crippen molar-refractivity contribution in [1.29, 1.82) is 0 Å². The number of methoxy groups -OCH3 is 1. The van der Waals surface area contributed by atoms with E-state index in [1.54, 1.807) is 7.11 Å². The first-order valence-electron chi connectivity index (χ1n) is 7.05. The number of hydrogen-bond donors (Lipinski definition) is 1. The molecule has 0 amide bonds. The van der Waals surface area contributed by atoms with Crippen LogP contribution in [0.25, 0.3) is 0 Å². The van der Waals surface area contributed by atoms with E-state index in [1.807, 2.05) is 24.3 Å². The number of hydrogen-bond acceptors (Lipinski definition) is 4. The van der Waals surface area contributed by atoms with Gasteiger partial charge in [0, 0.05) is 25.7 Å². The van der Waals surface area contributed by atoms with Gasteiger partial charge in [-0.25, -0.2) is 0 Å². The van der Waals surface area contributed by atoms with Gasteiger partial charge in [-0.1, -0.05) is 6.92 Å². The van der Waals surface area contributed by atoms with Crippen LogP contribution in [-0.2, 0) is 0 Å². The molecule has 0 aromatic heterocycles. The predicted molar refractivity (Wildman–Crippen MR) is 77.0 cm³/mol. The summed E-state index contributed by atoms with van der Waals surface area (Å²) in [6.07, 6.45) is 1.19. The van der Waals surface area contributed by atoms with Gasteiger partial charge in [-0.2, -0.15) is 0 Å². The highest BCUT2D eigenvalue weighted by Crippen LogP contribution is 2.17. The van der Waals surface area contributed by atoms with Crippen molar-refractivity contribution in [2.75, 3.05) is 39.9 Å². The molecular weight excluding hydrogens is 240 g/mol. The lowest BCUT2D eigenvalue weighted by Crippen LogP contribution is -2.58. The third kappa shape index (κ3) is 4.11. The second-order valence-electron chi connectivity index (χ2n) is 4.87. The number of nitrogens with zero attached hydrogens (tertiary/aromatic N) is 1. The molecule has 1 heterocycles. The van der Waals surface area contributed by atoms with Crippen LogP contribution in [0.4, 0.5) is 0 Å². The lowest BCUT2D eigenvalue weighted by Gasteiger charge is -2.38. The zero-order valence-electron chi connectivity index (χ0n) is 11.9. The molecule has 2 rings (SSSR count). The molecule has 19 heavy (non-hydrogen) atoms. The van der Waals surface area contributed by atoms with Gasteiger partial charge in [-0.15, -0.1) is 0 Å².